The minimum Gasteiger partial charge on any atom is -0.263 e. The predicted molar refractivity (Wildman–Crippen MR) is 94.8 cm³/mol. The van der Waals surface area contributed by atoms with E-state index in [2.05, 4.69) is 11.9 Å². The third-order valence-corrected chi connectivity index (χ3v) is 6.42. The van der Waals surface area contributed by atoms with E-state index in [9.17, 15) is 8.42 Å². The zero-order valence-electron chi connectivity index (χ0n) is 12.9. The summed E-state index contributed by atoms with van der Waals surface area (Å²) >= 11 is 12.2. The summed E-state index contributed by atoms with van der Waals surface area (Å²) in [6.07, 6.45) is 6.27. The van der Waals surface area contributed by atoms with Gasteiger partial charge in [-0.1, -0.05) is 55.5 Å². The van der Waals surface area contributed by atoms with Crippen LogP contribution < -0.4 is 0 Å². The predicted octanol–water partition coefficient (Wildman–Crippen LogP) is 5.48. The molecule has 6 heteroatoms. The molecule has 1 unspecified atom stereocenters. The number of halogens is 2. The van der Waals surface area contributed by atoms with E-state index in [0.29, 0.717) is 22.0 Å². The van der Waals surface area contributed by atoms with E-state index in [0.717, 1.165) is 19.3 Å². The molecule has 3 nitrogen and oxygen atoms in total. The molecule has 124 valence electrons. The summed E-state index contributed by atoms with van der Waals surface area (Å²) < 4.78 is 26.1. The first-order chi connectivity index (χ1) is 11.0. The largest absolute Gasteiger partial charge is 0.263 e. The molecule has 0 saturated heterocycles. The summed E-state index contributed by atoms with van der Waals surface area (Å²) in [6, 6.07) is 8.16. The van der Waals surface area contributed by atoms with Crippen molar-refractivity contribution in [3.05, 3.63) is 58.3 Å². The molecule has 0 aliphatic rings. The lowest BCUT2D eigenvalue weighted by Gasteiger charge is -2.19. The molecule has 0 spiro atoms. The highest BCUT2D eigenvalue weighted by Crippen LogP contribution is 2.37. The minimum absolute atomic E-state index is 0.215. The third-order valence-electron chi connectivity index (χ3n) is 3.72. The fourth-order valence-electron chi connectivity index (χ4n) is 2.50. The van der Waals surface area contributed by atoms with Crippen LogP contribution in [0.4, 0.5) is 0 Å². The molecule has 1 aromatic heterocycles. The Morgan fingerprint density at radius 1 is 1.17 bits per heavy atom. The first-order valence-corrected chi connectivity index (χ1v) is 9.86. The monoisotopic (exact) mass is 371 g/mol. The van der Waals surface area contributed by atoms with Gasteiger partial charge in [-0.15, -0.1) is 0 Å². The lowest BCUT2D eigenvalue weighted by atomic mass is 10.1. The first kappa shape index (κ1) is 18.2. The van der Waals surface area contributed by atoms with Gasteiger partial charge in [-0.3, -0.25) is 4.98 Å². The van der Waals surface area contributed by atoms with Gasteiger partial charge in [-0.05, 0) is 36.2 Å². The Kier molecular flexibility index (Phi) is 6.45. The van der Waals surface area contributed by atoms with Gasteiger partial charge in [0, 0.05) is 22.4 Å². The Balaban J connectivity index is 2.45. The molecule has 0 saturated carbocycles. The van der Waals surface area contributed by atoms with Crippen LogP contribution >= 0.6 is 23.2 Å². The summed E-state index contributed by atoms with van der Waals surface area (Å²) in [5, 5.41) is 0.180. The van der Waals surface area contributed by atoms with Crippen molar-refractivity contribution in [2.45, 2.75) is 42.8 Å². The molecule has 0 amide bonds. The van der Waals surface area contributed by atoms with E-state index >= 15 is 0 Å². The molecule has 0 fully saturated rings. The molecular weight excluding hydrogens is 353 g/mol. The van der Waals surface area contributed by atoms with Crippen molar-refractivity contribution >= 4 is 33.0 Å². The van der Waals surface area contributed by atoms with Gasteiger partial charge in [0.25, 0.3) is 0 Å². The SMILES string of the molecule is CCCCCC(c1ccc(Cl)cc1Cl)S(=O)(=O)c1cccnc1. The summed E-state index contributed by atoms with van der Waals surface area (Å²) in [5.41, 5.74) is 0.594. The van der Waals surface area contributed by atoms with Crippen LogP contribution in [-0.2, 0) is 9.84 Å². The molecule has 0 aliphatic heterocycles. The molecule has 1 atom stereocenters. The van der Waals surface area contributed by atoms with Gasteiger partial charge in [-0.25, -0.2) is 8.42 Å². The number of unbranched alkanes of at least 4 members (excludes halogenated alkanes) is 2. The number of sulfone groups is 1. The number of pyridine rings is 1. The van der Waals surface area contributed by atoms with E-state index in [1.54, 1.807) is 36.5 Å². The second-order valence-corrected chi connectivity index (χ2v) is 8.36. The molecule has 0 bridgehead atoms. The highest BCUT2D eigenvalue weighted by atomic mass is 35.5. The average Bonchev–Trinajstić information content (AvgIpc) is 2.53. The van der Waals surface area contributed by atoms with Crippen molar-refractivity contribution in [1.29, 1.82) is 0 Å². The van der Waals surface area contributed by atoms with Crippen molar-refractivity contribution in [1.82, 2.24) is 4.98 Å². The molecule has 2 rings (SSSR count). The lowest BCUT2D eigenvalue weighted by Crippen LogP contribution is -2.15. The Labute approximate surface area is 147 Å². The van der Waals surface area contributed by atoms with Crippen LogP contribution in [0.5, 0.6) is 0 Å². The number of hydrogen-bond donors (Lipinski definition) is 0. The van der Waals surface area contributed by atoms with Crippen LogP contribution in [-0.4, -0.2) is 13.4 Å². The maximum atomic E-state index is 13.0. The van der Waals surface area contributed by atoms with Gasteiger partial charge in [0.15, 0.2) is 9.84 Å². The number of rotatable bonds is 7. The summed E-state index contributed by atoms with van der Waals surface area (Å²) in [6.45, 7) is 2.08. The van der Waals surface area contributed by atoms with Gasteiger partial charge in [0.05, 0.1) is 10.1 Å². The van der Waals surface area contributed by atoms with E-state index < -0.39 is 15.1 Å². The van der Waals surface area contributed by atoms with E-state index in [1.807, 2.05) is 0 Å². The standard InChI is InChI=1S/C17H19Cl2NO2S/c1-2-3-4-7-17(15-9-8-13(18)11-16(15)19)23(21,22)14-6-5-10-20-12-14/h5-6,8-12,17H,2-4,7H2,1H3. The van der Waals surface area contributed by atoms with Gasteiger partial charge < -0.3 is 0 Å². The van der Waals surface area contributed by atoms with E-state index in [1.165, 1.54) is 6.20 Å². The van der Waals surface area contributed by atoms with E-state index in [4.69, 9.17) is 23.2 Å². The second-order valence-electron chi connectivity index (χ2n) is 5.38. The fourth-order valence-corrected chi connectivity index (χ4v) is 4.93. The van der Waals surface area contributed by atoms with Crippen LogP contribution in [0.25, 0.3) is 0 Å². The number of nitrogens with zero attached hydrogens (tertiary/aromatic N) is 1. The quantitative estimate of drug-likeness (QED) is 0.605. The zero-order valence-corrected chi connectivity index (χ0v) is 15.2. The molecule has 0 aliphatic carbocycles. The number of benzene rings is 1. The van der Waals surface area contributed by atoms with Gasteiger partial charge in [-0.2, -0.15) is 0 Å². The second kappa shape index (κ2) is 8.13. The maximum Gasteiger partial charge on any atom is 0.186 e. The number of hydrogen-bond acceptors (Lipinski definition) is 3. The Bertz CT molecular complexity index is 748. The van der Waals surface area contributed by atoms with Crippen LogP contribution in [0.15, 0.2) is 47.6 Å². The van der Waals surface area contributed by atoms with Crippen molar-refractivity contribution in [2.75, 3.05) is 0 Å². The Hall–Kier alpha value is -1.10. The first-order valence-electron chi connectivity index (χ1n) is 7.55. The van der Waals surface area contributed by atoms with Crippen molar-refractivity contribution < 1.29 is 8.42 Å². The normalized spacial score (nSPS) is 13.0. The molecule has 1 heterocycles. The molecule has 1 aromatic carbocycles. The van der Waals surface area contributed by atoms with Crippen molar-refractivity contribution in [3.63, 3.8) is 0 Å². The number of aromatic nitrogens is 1. The van der Waals surface area contributed by atoms with Crippen LogP contribution in [0, 0.1) is 0 Å². The summed E-state index contributed by atoms with van der Waals surface area (Å²) in [4.78, 5) is 4.14. The molecular formula is C17H19Cl2NO2S. The smallest absolute Gasteiger partial charge is 0.186 e. The summed E-state index contributed by atoms with van der Waals surface area (Å²) in [5.74, 6) is 0. The van der Waals surface area contributed by atoms with Gasteiger partial charge in [0.1, 0.15) is 0 Å². The van der Waals surface area contributed by atoms with Crippen molar-refractivity contribution in [2.24, 2.45) is 0 Å². The van der Waals surface area contributed by atoms with Crippen molar-refractivity contribution in [3.8, 4) is 0 Å². The van der Waals surface area contributed by atoms with Gasteiger partial charge >= 0.3 is 0 Å². The highest BCUT2D eigenvalue weighted by Gasteiger charge is 2.30. The third kappa shape index (κ3) is 4.46. The summed E-state index contributed by atoms with van der Waals surface area (Å²) in [7, 11) is -3.56. The highest BCUT2D eigenvalue weighted by molar-refractivity contribution is 7.91. The average molecular weight is 372 g/mol. The van der Waals surface area contributed by atoms with Crippen LogP contribution in [0.3, 0.4) is 0 Å². The minimum atomic E-state index is -3.56. The van der Waals surface area contributed by atoms with E-state index in [-0.39, 0.29) is 4.90 Å². The Morgan fingerprint density at radius 2 is 1.96 bits per heavy atom. The fraction of sp³-hybridized carbons (Fsp3) is 0.353. The molecule has 2 aromatic rings. The molecule has 0 radical (unpaired) electrons. The maximum absolute atomic E-state index is 13.0. The topological polar surface area (TPSA) is 47.0 Å². The molecule has 23 heavy (non-hydrogen) atoms. The van der Waals surface area contributed by atoms with Crippen LogP contribution in [0.1, 0.15) is 43.4 Å². The zero-order chi connectivity index (χ0) is 16.9. The lowest BCUT2D eigenvalue weighted by molar-refractivity contribution is 0.563. The van der Waals surface area contributed by atoms with Crippen LogP contribution in [0.2, 0.25) is 10.0 Å². The Morgan fingerprint density at radius 3 is 2.57 bits per heavy atom. The van der Waals surface area contributed by atoms with Gasteiger partial charge in [0.2, 0.25) is 0 Å². The molecule has 0 N–H and O–H groups in total.